The molecule has 0 fully saturated rings. The highest BCUT2D eigenvalue weighted by atomic mass is 79.9. The third kappa shape index (κ3) is 4.73. The van der Waals surface area contributed by atoms with E-state index in [0.29, 0.717) is 58.1 Å². The zero-order chi connectivity index (χ0) is 24.2. The molecule has 11 nitrogen and oxygen atoms in total. The molecule has 0 amide bonds. The van der Waals surface area contributed by atoms with Gasteiger partial charge in [0, 0.05) is 24.2 Å². The normalized spacial score (nSPS) is 12.0. The van der Waals surface area contributed by atoms with Gasteiger partial charge in [0.25, 0.3) is 5.56 Å². The number of fused-ring (bicyclic) bond motifs is 2. The van der Waals surface area contributed by atoms with Crippen molar-refractivity contribution in [3.63, 3.8) is 0 Å². The molecule has 0 saturated heterocycles. The molecule has 0 unspecified atom stereocenters. The van der Waals surface area contributed by atoms with Crippen molar-refractivity contribution in [2.45, 2.75) is 45.6 Å². The van der Waals surface area contributed by atoms with Gasteiger partial charge in [-0.25, -0.2) is 14.4 Å². The molecule has 4 rings (SSSR count). The topological polar surface area (TPSA) is 149 Å². The quantitative estimate of drug-likeness (QED) is 0.0991. The molecule has 0 atom stereocenters. The average molecular weight is 529 g/mol. The second-order valence-corrected chi connectivity index (χ2v) is 8.54. The van der Waals surface area contributed by atoms with E-state index in [2.05, 4.69) is 54.6 Å². The van der Waals surface area contributed by atoms with Gasteiger partial charge in [0.15, 0.2) is 15.9 Å². The number of nitrogens with two attached hydrogens (primary N) is 1. The summed E-state index contributed by atoms with van der Waals surface area (Å²) >= 11 is 3.33. The Hall–Kier alpha value is -3.51. The van der Waals surface area contributed by atoms with Gasteiger partial charge in [0.1, 0.15) is 11.6 Å². The number of aromatic amines is 1. The van der Waals surface area contributed by atoms with E-state index in [4.69, 9.17) is 10.7 Å². The van der Waals surface area contributed by atoms with Crippen LogP contribution >= 0.6 is 15.9 Å². The number of allylic oxidation sites excluding steroid dienone is 1. The molecule has 0 aliphatic heterocycles. The van der Waals surface area contributed by atoms with E-state index in [1.165, 1.54) is 16.5 Å². The minimum absolute atomic E-state index is 0.0646. The van der Waals surface area contributed by atoms with Crippen molar-refractivity contribution in [2.75, 3.05) is 0 Å². The number of unbranched alkanes of at least 4 members (excludes halogenated alkanes) is 2. The number of aromatic hydroxyl groups is 1. The van der Waals surface area contributed by atoms with Crippen molar-refractivity contribution < 1.29 is 9.94 Å². The lowest BCUT2D eigenvalue weighted by Crippen LogP contribution is -2.21. The van der Waals surface area contributed by atoms with Crippen LogP contribution in [0.2, 0.25) is 0 Å². The number of nitrogens with one attached hydrogen (secondary N) is 1. The number of aromatic nitrogens is 6. The standard InChI is InChI=1S/C22H25BrN8O3/c1-3-4-5-11-30-18-17(26-21(23)27-18)20(33)31-16(28-29-22(30)31)10-9-13(2)25-19(34-24)14-7-6-8-15(32)12-14/h6-8,12,32H,2-5,9-11,24H2,1H3,(H,26,27)/b25-19-. The first kappa shape index (κ1) is 23.6. The van der Waals surface area contributed by atoms with Crippen LogP contribution in [0.15, 0.2) is 51.1 Å². The molecule has 0 aliphatic rings. The molecule has 4 N–H and O–H groups in total. The largest absolute Gasteiger partial charge is 0.508 e. The molecule has 1 aromatic carbocycles. The predicted octanol–water partition coefficient (Wildman–Crippen LogP) is 3.21. The Morgan fingerprint density at radius 1 is 1.35 bits per heavy atom. The van der Waals surface area contributed by atoms with Crippen molar-refractivity contribution >= 4 is 38.8 Å². The highest BCUT2D eigenvalue weighted by molar-refractivity contribution is 9.10. The minimum Gasteiger partial charge on any atom is -0.508 e. The molecule has 0 saturated carbocycles. The second kappa shape index (κ2) is 10.2. The molecule has 0 radical (unpaired) electrons. The lowest BCUT2D eigenvalue weighted by atomic mass is 10.2. The van der Waals surface area contributed by atoms with E-state index in [-0.39, 0.29) is 17.2 Å². The summed E-state index contributed by atoms with van der Waals surface area (Å²) < 4.78 is 3.90. The van der Waals surface area contributed by atoms with Crippen LogP contribution in [0.5, 0.6) is 5.75 Å². The zero-order valence-electron chi connectivity index (χ0n) is 18.7. The number of aryl methyl sites for hydroxylation is 2. The van der Waals surface area contributed by atoms with E-state index in [9.17, 15) is 9.90 Å². The zero-order valence-corrected chi connectivity index (χ0v) is 20.2. The van der Waals surface area contributed by atoms with Crippen molar-refractivity contribution in [3.05, 3.63) is 63.0 Å². The van der Waals surface area contributed by atoms with Crippen LogP contribution in [0.4, 0.5) is 0 Å². The summed E-state index contributed by atoms with van der Waals surface area (Å²) in [7, 11) is 0. The summed E-state index contributed by atoms with van der Waals surface area (Å²) in [6, 6.07) is 6.39. The average Bonchev–Trinajstić information content (AvgIpc) is 3.42. The van der Waals surface area contributed by atoms with Crippen LogP contribution < -0.4 is 11.5 Å². The minimum atomic E-state index is -0.269. The van der Waals surface area contributed by atoms with Crippen LogP contribution in [0, 0.1) is 0 Å². The monoisotopic (exact) mass is 528 g/mol. The van der Waals surface area contributed by atoms with Crippen molar-refractivity contribution in [3.8, 4) is 5.75 Å². The number of nitrogens with zero attached hydrogens (tertiary/aromatic N) is 6. The number of hydrogen-bond donors (Lipinski definition) is 3. The molecule has 34 heavy (non-hydrogen) atoms. The lowest BCUT2D eigenvalue weighted by Gasteiger charge is -2.09. The van der Waals surface area contributed by atoms with Gasteiger partial charge in [-0.15, -0.1) is 10.2 Å². The maximum Gasteiger partial charge on any atom is 0.286 e. The number of halogens is 1. The fourth-order valence-corrected chi connectivity index (χ4v) is 4.08. The van der Waals surface area contributed by atoms with E-state index in [1.807, 2.05) is 4.57 Å². The van der Waals surface area contributed by atoms with Gasteiger partial charge in [-0.05, 0) is 47.0 Å². The highest BCUT2D eigenvalue weighted by Crippen LogP contribution is 2.18. The third-order valence-corrected chi connectivity index (χ3v) is 5.75. The first-order chi connectivity index (χ1) is 16.4. The van der Waals surface area contributed by atoms with Gasteiger partial charge in [-0.1, -0.05) is 32.4 Å². The molecule has 12 heteroatoms. The summed E-state index contributed by atoms with van der Waals surface area (Å²) in [5, 5.41) is 18.3. The molecule has 0 spiro atoms. The fraction of sp³-hybridized carbons (Fsp3) is 0.318. The van der Waals surface area contributed by atoms with Crippen LogP contribution in [-0.4, -0.2) is 40.1 Å². The molecule has 4 aromatic rings. The van der Waals surface area contributed by atoms with E-state index in [0.717, 1.165) is 19.3 Å². The Balaban J connectivity index is 1.64. The third-order valence-electron chi connectivity index (χ3n) is 5.37. The van der Waals surface area contributed by atoms with Crippen molar-refractivity contribution in [1.82, 2.24) is 29.1 Å². The molecule has 3 heterocycles. The van der Waals surface area contributed by atoms with Crippen LogP contribution in [-0.2, 0) is 17.8 Å². The Morgan fingerprint density at radius 2 is 2.18 bits per heavy atom. The summed E-state index contributed by atoms with van der Waals surface area (Å²) in [5.74, 6) is 6.49. The predicted molar refractivity (Wildman–Crippen MR) is 132 cm³/mol. The Bertz CT molecular complexity index is 1440. The summed E-state index contributed by atoms with van der Waals surface area (Å²) in [6.45, 7) is 6.77. The number of imidazole rings is 1. The molecule has 3 aromatic heterocycles. The summed E-state index contributed by atoms with van der Waals surface area (Å²) in [6.07, 6.45) is 3.80. The number of phenolic OH excluding ortho intramolecular Hbond substituents is 1. The molecular formula is C22H25BrN8O3. The van der Waals surface area contributed by atoms with E-state index >= 15 is 0 Å². The SMILES string of the molecule is C=C(CCc1nnc2n(CCCCC)c3nc(Br)[nH]c3c(=O)n12)/N=C(\ON)c1cccc(O)c1. The number of hydrogen-bond acceptors (Lipinski definition) is 8. The lowest BCUT2D eigenvalue weighted by molar-refractivity contribution is 0.321. The van der Waals surface area contributed by atoms with Gasteiger partial charge >= 0.3 is 0 Å². The fourth-order valence-electron chi connectivity index (χ4n) is 3.72. The Kier molecular flexibility index (Phi) is 7.08. The smallest absolute Gasteiger partial charge is 0.286 e. The number of rotatable bonds is 9. The summed E-state index contributed by atoms with van der Waals surface area (Å²) in [5.41, 5.74) is 1.64. The van der Waals surface area contributed by atoms with Crippen molar-refractivity contribution in [1.29, 1.82) is 0 Å². The Labute approximate surface area is 203 Å². The van der Waals surface area contributed by atoms with Crippen molar-refractivity contribution in [2.24, 2.45) is 10.9 Å². The van der Waals surface area contributed by atoms with Crippen LogP contribution in [0.1, 0.15) is 44.0 Å². The van der Waals surface area contributed by atoms with Gasteiger partial charge in [-0.2, -0.15) is 5.90 Å². The Morgan fingerprint density at radius 3 is 2.91 bits per heavy atom. The van der Waals surface area contributed by atoms with Crippen LogP contribution in [0.3, 0.4) is 0 Å². The molecular weight excluding hydrogens is 504 g/mol. The first-order valence-corrected chi connectivity index (χ1v) is 11.7. The first-order valence-electron chi connectivity index (χ1n) is 10.9. The molecule has 178 valence electrons. The van der Waals surface area contributed by atoms with Gasteiger partial charge in [0.05, 0.1) is 0 Å². The van der Waals surface area contributed by atoms with E-state index in [1.54, 1.807) is 12.1 Å². The maximum absolute atomic E-state index is 13.2. The number of H-pyrrole nitrogens is 1. The number of benzene rings is 1. The molecule has 0 bridgehead atoms. The van der Waals surface area contributed by atoms with Gasteiger partial charge in [-0.3, -0.25) is 9.36 Å². The van der Waals surface area contributed by atoms with Crippen LogP contribution in [0.25, 0.3) is 16.9 Å². The van der Waals surface area contributed by atoms with Gasteiger partial charge < -0.3 is 14.9 Å². The van der Waals surface area contributed by atoms with E-state index < -0.39 is 0 Å². The highest BCUT2D eigenvalue weighted by Gasteiger charge is 2.19. The number of phenols is 1. The molecule has 0 aliphatic carbocycles. The second-order valence-electron chi connectivity index (χ2n) is 7.79. The number of aliphatic imine (C=N–C) groups is 1. The van der Waals surface area contributed by atoms with Gasteiger partial charge in [0.2, 0.25) is 11.7 Å². The summed E-state index contributed by atoms with van der Waals surface area (Å²) in [4.78, 5) is 29.9. The maximum atomic E-state index is 13.2.